The number of carbonyl (C=O) groups is 1. The second-order valence-electron chi connectivity index (χ2n) is 8.18. The Morgan fingerprint density at radius 3 is 2.62 bits per heavy atom. The smallest absolute Gasteiger partial charge is 0.224 e. The highest BCUT2D eigenvalue weighted by Crippen LogP contribution is 2.33. The van der Waals surface area contributed by atoms with Crippen LogP contribution < -0.4 is 10.6 Å². The molecule has 3 aromatic rings. The van der Waals surface area contributed by atoms with Gasteiger partial charge in [0.05, 0.1) is 0 Å². The van der Waals surface area contributed by atoms with Gasteiger partial charge >= 0.3 is 0 Å². The summed E-state index contributed by atoms with van der Waals surface area (Å²) in [7, 11) is 0. The highest BCUT2D eigenvalue weighted by molar-refractivity contribution is 5.92. The number of hydrogen-bond donors (Lipinski definition) is 2. The van der Waals surface area contributed by atoms with Crippen molar-refractivity contribution >= 4 is 35.1 Å². The fraction of sp³-hybridized carbons (Fsp3) is 0.391. The van der Waals surface area contributed by atoms with Gasteiger partial charge in [0.25, 0.3) is 0 Å². The molecule has 2 aromatic carbocycles. The molecule has 0 radical (unpaired) electrons. The molecule has 0 saturated carbocycles. The van der Waals surface area contributed by atoms with Gasteiger partial charge < -0.3 is 15.1 Å². The maximum absolute atomic E-state index is 12.5. The summed E-state index contributed by atoms with van der Waals surface area (Å²) in [5, 5.41) is 6.68. The van der Waals surface area contributed by atoms with Crippen LogP contribution in [0.3, 0.4) is 0 Å². The van der Waals surface area contributed by atoms with Crippen molar-refractivity contribution in [3.05, 3.63) is 60.0 Å². The van der Waals surface area contributed by atoms with Gasteiger partial charge in [0.2, 0.25) is 5.91 Å². The van der Waals surface area contributed by atoms with Gasteiger partial charge in [-0.25, -0.2) is 4.98 Å². The Labute approximate surface area is 176 Å². The van der Waals surface area contributed by atoms with Crippen LogP contribution in [-0.2, 0) is 11.2 Å². The number of oxazole rings is 1. The predicted molar refractivity (Wildman–Crippen MR) is 116 cm³/mol. The molecule has 2 aliphatic heterocycles. The van der Waals surface area contributed by atoms with E-state index in [9.17, 15) is 4.79 Å². The quantitative estimate of drug-likeness (QED) is 0.638. The molecule has 2 atom stereocenters. The van der Waals surface area contributed by atoms with E-state index in [-0.39, 0.29) is 18.3 Å². The summed E-state index contributed by atoms with van der Waals surface area (Å²) in [6.07, 6.45) is 6.02. The highest BCUT2D eigenvalue weighted by Gasteiger charge is 2.34. The molecule has 29 heavy (non-hydrogen) atoms. The molecule has 5 rings (SSSR count). The first-order valence-corrected chi connectivity index (χ1v) is 10.2. The van der Waals surface area contributed by atoms with Crippen LogP contribution in [0, 0.1) is 5.92 Å². The summed E-state index contributed by atoms with van der Waals surface area (Å²) in [5.74, 6) is 1.27. The van der Waals surface area contributed by atoms with E-state index in [2.05, 4.69) is 27.8 Å². The molecular weight excluding hydrogens is 386 g/mol. The van der Waals surface area contributed by atoms with Crippen LogP contribution in [0.1, 0.15) is 43.6 Å². The Morgan fingerprint density at radius 1 is 1.10 bits per heavy atom. The third-order valence-electron chi connectivity index (χ3n) is 5.96. The third kappa shape index (κ3) is 4.62. The lowest BCUT2D eigenvalue weighted by Crippen LogP contribution is -2.39. The Kier molecular flexibility index (Phi) is 5.88. The molecule has 2 bridgehead atoms. The lowest BCUT2D eigenvalue weighted by Gasteiger charge is -2.28. The maximum Gasteiger partial charge on any atom is 0.224 e. The van der Waals surface area contributed by atoms with Crippen molar-refractivity contribution in [1.82, 2.24) is 10.3 Å². The average molecular weight is 412 g/mol. The minimum Gasteiger partial charge on any atom is -0.440 e. The monoisotopic (exact) mass is 411 g/mol. The zero-order valence-corrected chi connectivity index (χ0v) is 17.1. The van der Waals surface area contributed by atoms with Crippen LogP contribution in [-0.4, -0.2) is 23.0 Å². The first-order valence-electron chi connectivity index (χ1n) is 10.2. The SMILES string of the molecule is Cl.O=C(CC1CC2CCC(C1)N2)Nc1ccc2nc(Cc3ccccc3)oc2c1. The molecule has 0 spiro atoms. The number of fused-ring (bicyclic) bond motifs is 3. The van der Waals surface area contributed by atoms with E-state index < -0.39 is 0 Å². The summed E-state index contributed by atoms with van der Waals surface area (Å²) in [6.45, 7) is 0. The summed E-state index contributed by atoms with van der Waals surface area (Å²) >= 11 is 0. The maximum atomic E-state index is 12.5. The van der Waals surface area contributed by atoms with Crippen molar-refractivity contribution in [2.45, 2.75) is 50.6 Å². The second kappa shape index (κ2) is 8.56. The topological polar surface area (TPSA) is 67.2 Å². The number of nitrogens with one attached hydrogen (secondary N) is 2. The Morgan fingerprint density at radius 2 is 1.86 bits per heavy atom. The fourth-order valence-electron chi connectivity index (χ4n) is 4.71. The fourth-order valence-corrected chi connectivity index (χ4v) is 4.71. The minimum atomic E-state index is 0. The number of hydrogen-bond acceptors (Lipinski definition) is 4. The van der Waals surface area contributed by atoms with Gasteiger partial charge in [-0.3, -0.25) is 4.79 Å². The molecule has 6 heteroatoms. The molecule has 2 fully saturated rings. The Hall–Kier alpha value is -2.37. The zero-order chi connectivity index (χ0) is 18.9. The van der Waals surface area contributed by atoms with Crippen LogP contribution in [0.2, 0.25) is 0 Å². The lowest BCUT2D eigenvalue weighted by atomic mass is 9.89. The van der Waals surface area contributed by atoms with Gasteiger partial charge in [0.15, 0.2) is 11.5 Å². The van der Waals surface area contributed by atoms with Crippen molar-refractivity contribution in [2.75, 3.05) is 5.32 Å². The molecule has 2 N–H and O–H groups in total. The van der Waals surface area contributed by atoms with Crippen molar-refractivity contribution in [3.8, 4) is 0 Å². The Bertz CT molecular complexity index is 976. The van der Waals surface area contributed by atoms with Gasteiger partial charge in [0, 0.05) is 36.7 Å². The molecule has 1 aromatic heterocycles. The molecule has 0 aliphatic carbocycles. The lowest BCUT2D eigenvalue weighted by molar-refractivity contribution is -0.117. The largest absolute Gasteiger partial charge is 0.440 e. The number of nitrogens with zero attached hydrogens (tertiary/aromatic N) is 1. The minimum absolute atomic E-state index is 0. The normalized spacial score (nSPS) is 23.0. The van der Waals surface area contributed by atoms with Crippen LogP contribution in [0.25, 0.3) is 11.1 Å². The Balaban J connectivity index is 0.00000205. The van der Waals surface area contributed by atoms with E-state index in [0.29, 0.717) is 42.3 Å². The third-order valence-corrected chi connectivity index (χ3v) is 5.96. The summed E-state index contributed by atoms with van der Waals surface area (Å²) < 4.78 is 5.91. The molecule has 152 valence electrons. The van der Waals surface area contributed by atoms with Gasteiger partial charge in [-0.05, 0) is 49.3 Å². The first-order chi connectivity index (χ1) is 13.7. The first kappa shape index (κ1) is 19.9. The summed E-state index contributed by atoms with van der Waals surface area (Å²) in [4.78, 5) is 17.1. The molecule has 5 nitrogen and oxygen atoms in total. The van der Waals surface area contributed by atoms with Gasteiger partial charge in [-0.15, -0.1) is 12.4 Å². The molecule has 3 heterocycles. The van der Waals surface area contributed by atoms with Gasteiger partial charge in [0.1, 0.15) is 5.52 Å². The van der Waals surface area contributed by atoms with Crippen LogP contribution in [0.5, 0.6) is 0 Å². The molecule has 1 amide bonds. The van der Waals surface area contributed by atoms with E-state index >= 15 is 0 Å². The van der Waals surface area contributed by atoms with Crippen LogP contribution in [0.15, 0.2) is 52.9 Å². The van der Waals surface area contributed by atoms with Gasteiger partial charge in [-0.1, -0.05) is 30.3 Å². The zero-order valence-electron chi connectivity index (χ0n) is 16.3. The standard InChI is InChI=1S/C23H25N3O2.ClH/c27-22(12-16-10-17-6-7-18(11-16)24-17)25-19-8-9-20-21(14-19)28-23(26-20)13-15-4-2-1-3-5-15;/h1-5,8-9,14,16-18,24H,6-7,10-13H2,(H,25,27);1H. The van der Waals surface area contributed by atoms with E-state index in [1.807, 2.05) is 36.4 Å². The van der Waals surface area contributed by atoms with Crippen molar-refractivity contribution in [3.63, 3.8) is 0 Å². The number of amides is 1. The molecule has 2 unspecified atom stereocenters. The van der Waals surface area contributed by atoms with Crippen molar-refractivity contribution < 1.29 is 9.21 Å². The molecular formula is C23H26ClN3O2. The summed E-state index contributed by atoms with van der Waals surface area (Å²) in [5.41, 5.74) is 3.47. The number of anilines is 1. The highest BCUT2D eigenvalue weighted by atomic mass is 35.5. The van der Waals surface area contributed by atoms with Gasteiger partial charge in [-0.2, -0.15) is 0 Å². The van der Waals surface area contributed by atoms with Crippen LogP contribution in [0.4, 0.5) is 5.69 Å². The van der Waals surface area contributed by atoms with Crippen molar-refractivity contribution in [1.29, 1.82) is 0 Å². The van der Waals surface area contributed by atoms with E-state index in [1.165, 1.54) is 18.4 Å². The predicted octanol–water partition coefficient (Wildman–Crippen LogP) is 4.70. The van der Waals surface area contributed by atoms with E-state index in [1.54, 1.807) is 0 Å². The number of rotatable bonds is 5. The molecule has 2 saturated heterocycles. The number of piperidine rings is 1. The summed E-state index contributed by atoms with van der Waals surface area (Å²) in [6, 6.07) is 17.1. The number of aromatic nitrogens is 1. The van der Waals surface area contributed by atoms with Crippen molar-refractivity contribution in [2.24, 2.45) is 5.92 Å². The number of benzene rings is 2. The average Bonchev–Trinajstić information content (AvgIpc) is 3.24. The van der Waals surface area contributed by atoms with Crippen LogP contribution >= 0.6 is 12.4 Å². The van der Waals surface area contributed by atoms with E-state index in [0.717, 1.165) is 24.0 Å². The molecule has 2 aliphatic rings. The number of halogens is 1. The second-order valence-corrected chi connectivity index (χ2v) is 8.18. The number of carbonyl (C=O) groups excluding carboxylic acids is 1. The van der Waals surface area contributed by atoms with E-state index in [4.69, 9.17) is 4.42 Å².